The lowest BCUT2D eigenvalue weighted by Gasteiger charge is -2.48. The third-order valence-electron chi connectivity index (χ3n) is 6.50. The molecule has 4 aromatic rings. The van der Waals surface area contributed by atoms with Gasteiger partial charge in [0.2, 0.25) is 0 Å². The Balaban J connectivity index is 1.29. The van der Waals surface area contributed by atoms with Gasteiger partial charge in [0.15, 0.2) is 5.82 Å². The highest BCUT2D eigenvalue weighted by molar-refractivity contribution is 6.01. The molecule has 3 aromatic heterocycles. The summed E-state index contributed by atoms with van der Waals surface area (Å²) in [5.74, 6) is 0.965. The van der Waals surface area contributed by atoms with Gasteiger partial charge < -0.3 is 10.2 Å². The van der Waals surface area contributed by atoms with Crippen LogP contribution in [0.4, 0.5) is 5.82 Å². The minimum atomic E-state index is 0.535. The van der Waals surface area contributed by atoms with E-state index in [-0.39, 0.29) is 0 Å². The summed E-state index contributed by atoms with van der Waals surface area (Å²) >= 11 is 0. The quantitative estimate of drug-likeness (QED) is 0.501. The predicted molar refractivity (Wildman–Crippen MR) is 111 cm³/mol. The molecule has 3 N–H and O–H groups in total. The van der Waals surface area contributed by atoms with Crippen molar-refractivity contribution in [2.24, 2.45) is 5.41 Å². The van der Waals surface area contributed by atoms with E-state index in [1.165, 1.54) is 25.9 Å². The second kappa shape index (κ2) is 6.38. The Morgan fingerprint density at radius 1 is 0.897 bits per heavy atom. The average molecular weight is 386 g/mol. The number of piperidine rings is 1. The minimum Gasteiger partial charge on any atom is -0.355 e. The van der Waals surface area contributed by atoms with Crippen molar-refractivity contribution in [3.8, 4) is 22.4 Å². The maximum Gasteiger partial charge on any atom is 0.151 e. The van der Waals surface area contributed by atoms with Crippen molar-refractivity contribution in [2.45, 2.75) is 12.8 Å². The van der Waals surface area contributed by atoms with Crippen molar-refractivity contribution in [1.29, 1.82) is 0 Å². The molecule has 2 fully saturated rings. The lowest BCUT2D eigenvalue weighted by Crippen LogP contribution is -2.58. The molecule has 8 heteroatoms. The summed E-state index contributed by atoms with van der Waals surface area (Å²) in [6.45, 7) is 4.45. The molecule has 0 saturated carbocycles. The summed E-state index contributed by atoms with van der Waals surface area (Å²) in [5.41, 5.74) is 5.47. The zero-order valence-electron chi connectivity index (χ0n) is 16.0. The van der Waals surface area contributed by atoms with E-state index in [0.29, 0.717) is 5.41 Å². The second-order valence-electron chi connectivity index (χ2n) is 8.17. The Morgan fingerprint density at radius 2 is 1.76 bits per heavy atom. The van der Waals surface area contributed by atoms with Gasteiger partial charge in [-0.05, 0) is 42.0 Å². The van der Waals surface area contributed by atoms with E-state index >= 15 is 0 Å². The van der Waals surface area contributed by atoms with Crippen LogP contribution in [-0.2, 0) is 0 Å². The van der Waals surface area contributed by atoms with Gasteiger partial charge in [-0.2, -0.15) is 10.2 Å². The van der Waals surface area contributed by atoms with E-state index in [2.05, 4.69) is 65.1 Å². The highest BCUT2D eigenvalue weighted by Crippen LogP contribution is 2.37. The molecule has 29 heavy (non-hydrogen) atoms. The van der Waals surface area contributed by atoms with Gasteiger partial charge >= 0.3 is 0 Å². The fourth-order valence-corrected chi connectivity index (χ4v) is 4.58. The zero-order chi connectivity index (χ0) is 19.3. The van der Waals surface area contributed by atoms with E-state index < -0.39 is 0 Å². The number of hydrogen-bond acceptors (Lipinski definition) is 6. The molecule has 2 aliphatic rings. The molecule has 0 amide bonds. The van der Waals surface area contributed by atoms with E-state index in [9.17, 15) is 0 Å². The van der Waals surface area contributed by atoms with Crippen LogP contribution in [-0.4, -0.2) is 56.8 Å². The van der Waals surface area contributed by atoms with Gasteiger partial charge in [0.05, 0.1) is 23.6 Å². The van der Waals surface area contributed by atoms with Crippen LogP contribution in [0.5, 0.6) is 0 Å². The Hall–Kier alpha value is -3.26. The molecule has 8 nitrogen and oxygen atoms in total. The number of fused-ring (bicyclic) bond motifs is 1. The van der Waals surface area contributed by atoms with Gasteiger partial charge in [-0.1, -0.05) is 6.07 Å². The monoisotopic (exact) mass is 386 g/mol. The normalized spacial score (nSPS) is 18.3. The molecule has 0 radical (unpaired) electrons. The maximum absolute atomic E-state index is 4.55. The van der Waals surface area contributed by atoms with Crippen molar-refractivity contribution in [2.75, 3.05) is 31.1 Å². The largest absolute Gasteiger partial charge is 0.355 e. The molecule has 0 aliphatic carbocycles. The number of nitrogens with one attached hydrogen (secondary N) is 3. The SMILES string of the molecule is c1n[nH]cc1-c1ccc(-c2ccc(N3CCC4(CC3)CNC4)nn2)c2[nH]ncc12. The molecule has 1 spiro atoms. The van der Waals surface area contributed by atoms with Crippen molar-refractivity contribution in [1.82, 2.24) is 35.9 Å². The number of H-pyrrole nitrogens is 2. The first-order chi connectivity index (χ1) is 14.3. The van der Waals surface area contributed by atoms with Crippen molar-refractivity contribution in [3.05, 3.63) is 42.9 Å². The average Bonchev–Trinajstić information content (AvgIpc) is 3.45. The van der Waals surface area contributed by atoms with Crippen LogP contribution in [0.25, 0.3) is 33.3 Å². The highest BCUT2D eigenvalue weighted by Gasteiger charge is 2.39. The molecule has 5 heterocycles. The molecule has 0 atom stereocenters. The third-order valence-corrected chi connectivity index (χ3v) is 6.50. The Kier molecular flexibility index (Phi) is 3.67. The fraction of sp³-hybridized carbons (Fsp3) is 0.333. The number of hydrogen-bond donors (Lipinski definition) is 3. The second-order valence-corrected chi connectivity index (χ2v) is 8.17. The highest BCUT2D eigenvalue weighted by atomic mass is 15.3. The molecule has 1 aromatic carbocycles. The first-order valence-electron chi connectivity index (χ1n) is 10.1. The van der Waals surface area contributed by atoms with Crippen LogP contribution in [0.15, 0.2) is 42.9 Å². The number of benzene rings is 1. The third kappa shape index (κ3) is 2.71. The summed E-state index contributed by atoms with van der Waals surface area (Å²) < 4.78 is 0. The van der Waals surface area contributed by atoms with Gasteiger partial charge in [-0.3, -0.25) is 10.2 Å². The Bertz CT molecular complexity index is 1130. The minimum absolute atomic E-state index is 0.535. The summed E-state index contributed by atoms with van der Waals surface area (Å²) in [6, 6.07) is 8.31. The van der Waals surface area contributed by atoms with Crippen LogP contribution in [0.3, 0.4) is 0 Å². The molecular formula is C21H22N8. The van der Waals surface area contributed by atoms with E-state index in [0.717, 1.165) is 52.2 Å². The van der Waals surface area contributed by atoms with Crippen LogP contribution in [0.2, 0.25) is 0 Å². The lowest BCUT2D eigenvalue weighted by molar-refractivity contribution is 0.126. The van der Waals surface area contributed by atoms with Crippen LogP contribution >= 0.6 is 0 Å². The standard InChI is InChI=1S/C21H22N8/c1-2-16(20-17(11-25-28-20)15(1)14-9-23-24-10-14)18-3-4-19(27-26-18)29-7-5-21(6-8-29)12-22-13-21/h1-4,9-11,22H,5-8,12-13H2,(H,23,24)(H,25,28). The maximum atomic E-state index is 4.55. The number of rotatable bonds is 3. The van der Waals surface area contributed by atoms with Crippen molar-refractivity contribution in [3.63, 3.8) is 0 Å². The topological polar surface area (TPSA) is 98.4 Å². The molecule has 2 saturated heterocycles. The van der Waals surface area contributed by atoms with Crippen molar-refractivity contribution >= 4 is 16.7 Å². The van der Waals surface area contributed by atoms with Gasteiger partial charge in [-0.25, -0.2) is 0 Å². The predicted octanol–water partition coefficient (Wildman–Crippen LogP) is 2.60. The van der Waals surface area contributed by atoms with E-state index in [1.807, 2.05) is 18.6 Å². The number of aromatic nitrogens is 6. The summed E-state index contributed by atoms with van der Waals surface area (Å²) in [5, 5.41) is 27.9. The van der Waals surface area contributed by atoms with Crippen LogP contribution in [0, 0.1) is 5.41 Å². The molecular weight excluding hydrogens is 364 g/mol. The zero-order valence-corrected chi connectivity index (χ0v) is 16.0. The van der Waals surface area contributed by atoms with Gasteiger partial charge in [0.25, 0.3) is 0 Å². The smallest absolute Gasteiger partial charge is 0.151 e. The van der Waals surface area contributed by atoms with Crippen LogP contribution in [0.1, 0.15) is 12.8 Å². The summed E-state index contributed by atoms with van der Waals surface area (Å²) in [6.07, 6.45) is 8.01. The number of anilines is 1. The molecule has 2 aliphatic heterocycles. The first-order valence-corrected chi connectivity index (χ1v) is 10.1. The van der Waals surface area contributed by atoms with Gasteiger partial charge in [0, 0.05) is 48.9 Å². The van der Waals surface area contributed by atoms with Gasteiger partial charge in [-0.15, -0.1) is 10.2 Å². The van der Waals surface area contributed by atoms with Gasteiger partial charge in [0.1, 0.15) is 0 Å². The number of aromatic amines is 2. The first kappa shape index (κ1) is 16.7. The molecule has 6 rings (SSSR count). The van der Waals surface area contributed by atoms with Crippen molar-refractivity contribution < 1.29 is 0 Å². The Labute approximate surface area is 167 Å². The number of nitrogens with zero attached hydrogens (tertiary/aromatic N) is 5. The lowest BCUT2D eigenvalue weighted by atomic mass is 9.73. The van der Waals surface area contributed by atoms with E-state index in [1.54, 1.807) is 0 Å². The van der Waals surface area contributed by atoms with E-state index in [4.69, 9.17) is 0 Å². The summed E-state index contributed by atoms with van der Waals surface area (Å²) in [7, 11) is 0. The summed E-state index contributed by atoms with van der Waals surface area (Å²) in [4.78, 5) is 2.36. The molecule has 0 unspecified atom stereocenters. The molecule has 0 bridgehead atoms. The molecule has 146 valence electrons. The Morgan fingerprint density at radius 3 is 2.45 bits per heavy atom. The fourth-order valence-electron chi connectivity index (χ4n) is 4.58. The van der Waals surface area contributed by atoms with Crippen LogP contribution < -0.4 is 10.2 Å².